The Hall–Kier alpha value is -2.34. The number of hydrogen-bond acceptors (Lipinski definition) is 4. The smallest absolute Gasteiger partial charge is 0.255 e. The van der Waals surface area contributed by atoms with Gasteiger partial charge in [0.25, 0.3) is 5.91 Å². The van der Waals surface area contributed by atoms with Crippen LogP contribution in [0.4, 0.5) is 5.82 Å². The van der Waals surface area contributed by atoms with Crippen molar-refractivity contribution in [3.63, 3.8) is 0 Å². The molecule has 4 rings (SSSR count). The van der Waals surface area contributed by atoms with Crippen molar-refractivity contribution >= 4 is 46.5 Å². The second-order valence-corrected chi connectivity index (χ2v) is 7.97. The summed E-state index contributed by atoms with van der Waals surface area (Å²) in [6, 6.07) is 16.3. The summed E-state index contributed by atoms with van der Waals surface area (Å²) in [4.78, 5) is 16.7. The number of rotatable bonds is 3. The van der Waals surface area contributed by atoms with Crippen LogP contribution in [0.2, 0.25) is 15.1 Å². The van der Waals surface area contributed by atoms with Gasteiger partial charge in [0.1, 0.15) is 0 Å². The standard InChI is InChI=1S/C21H17Cl3N4O/c22-15-3-1-14(2-4-15)19-7-8-20(26-25-19)27-9-11-28(12-10-27)21(29)17-6-5-16(23)13-18(17)24/h1-8,13H,9-12H2. The van der Waals surface area contributed by atoms with Crippen LogP contribution in [0.15, 0.2) is 54.6 Å². The summed E-state index contributed by atoms with van der Waals surface area (Å²) < 4.78 is 0. The van der Waals surface area contributed by atoms with E-state index in [1.165, 1.54) is 0 Å². The maximum absolute atomic E-state index is 12.7. The van der Waals surface area contributed by atoms with Crippen LogP contribution in [0.5, 0.6) is 0 Å². The Morgan fingerprint density at radius 1 is 0.793 bits per heavy atom. The molecule has 0 saturated carbocycles. The molecule has 0 atom stereocenters. The Bertz CT molecular complexity index is 1020. The van der Waals surface area contributed by atoms with Gasteiger partial charge in [-0.05, 0) is 42.5 Å². The number of hydrogen-bond donors (Lipinski definition) is 0. The molecule has 1 aromatic heterocycles. The highest BCUT2D eigenvalue weighted by Crippen LogP contribution is 2.24. The molecule has 3 aromatic rings. The van der Waals surface area contributed by atoms with E-state index >= 15 is 0 Å². The van der Waals surface area contributed by atoms with Gasteiger partial charge in [-0.1, -0.05) is 46.9 Å². The number of anilines is 1. The molecular weight excluding hydrogens is 431 g/mol. The van der Waals surface area contributed by atoms with Crippen LogP contribution in [0, 0.1) is 0 Å². The molecule has 1 amide bonds. The van der Waals surface area contributed by atoms with Crippen molar-refractivity contribution in [3.05, 3.63) is 75.2 Å². The number of aromatic nitrogens is 2. The maximum atomic E-state index is 12.7. The average molecular weight is 448 g/mol. The Morgan fingerprint density at radius 2 is 1.48 bits per heavy atom. The zero-order valence-corrected chi connectivity index (χ0v) is 17.6. The fourth-order valence-electron chi connectivity index (χ4n) is 3.24. The summed E-state index contributed by atoms with van der Waals surface area (Å²) in [5.74, 6) is 0.704. The molecule has 8 heteroatoms. The molecule has 0 spiro atoms. The molecule has 0 unspecified atom stereocenters. The van der Waals surface area contributed by atoms with E-state index in [1.54, 1.807) is 23.1 Å². The van der Waals surface area contributed by atoms with Crippen molar-refractivity contribution in [2.24, 2.45) is 0 Å². The summed E-state index contributed by atoms with van der Waals surface area (Å²) in [7, 11) is 0. The van der Waals surface area contributed by atoms with Crippen LogP contribution >= 0.6 is 34.8 Å². The Kier molecular flexibility index (Phi) is 5.90. The number of piperazine rings is 1. The largest absolute Gasteiger partial charge is 0.352 e. The topological polar surface area (TPSA) is 49.3 Å². The number of carbonyl (C=O) groups excluding carboxylic acids is 1. The lowest BCUT2D eigenvalue weighted by Crippen LogP contribution is -2.49. The second kappa shape index (κ2) is 8.57. The summed E-state index contributed by atoms with van der Waals surface area (Å²) in [5, 5.41) is 10.3. The molecule has 0 radical (unpaired) electrons. The van der Waals surface area contributed by atoms with Gasteiger partial charge in [0.2, 0.25) is 0 Å². The van der Waals surface area contributed by atoms with E-state index in [0.717, 1.165) is 17.1 Å². The van der Waals surface area contributed by atoms with Gasteiger partial charge in [-0.15, -0.1) is 10.2 Å². The normalized spacial score (nSPS) is 14.2. The van der Waals surface area contributed by atoms with E-state index < -0.39 is 0 Å². The molecule has 0 aliphatic carbocycles. The SMILES string of the molecule is O=C(c1ccc(Cl)cc1Cl)N1CCN(c2ccc(-c3ccc(Cl)cc3)nn2)CC1. The number of benzene rings is 2. The molecule has 1 aliphatic rings. The Morgan fingerprint density at radius 3 is 2.10 bits per heavy atom. The van der Waals surface area contributed by atoms with E-state index in [4.69, 9.17) is 34.8 Å². The molecule has 1 aliphatic heterocycles. The lowest BCUT2D eigenvalue weighted by molar-refractivity contribution is 0.0746. The van der Waals surface area contributed by atoms with Crippen molar-refractivity contribution in [2.75, 3.05) is 31.1 Å². The predicted octanol–water partition coefficient (Wildman–Crippen LogP) is 5.07. The minimum absolute atomic E-state index is 0.0875. The van der Waals surface area contributed by atoms with Crippen LogP contribution in [0.25, 0.3) is 11.3 Å². The first kappa shape index (κ1) is 20.0. The summed E-state index contributed by atoms with van der Waals surface area (Å²) in [5.41, 5.74) is 2.22. The fourth-order valence-corrected chi connectivity index (χ4v) is 3.86. The molecule has 0 N–H and O–H groups in total. The van der Waals surface area contributed by atoms with Crippen molar-refractivity contribution in [2.45, 2.75) is 0 Å². The van der Waals surface area contributed by atoms with Gasteiger partial charge in [-0.3, -0.25) is 4.79 Å². The van der Waals surface area contributed by atoms with E-state index in [9.17, 15) is 4.79 Å². The van der Waals surface area contributed by atoms with Gasteiger partial charge in [0.05, 0.1) is 16.3 Å². The van der Waals surface area contributed by atoms with Gasteiger partial charge >= 0.3 is 0 Å². The summed E-state index contributed by atoms with van der Waals surface area (Å²) in [6.07, 6.45) is 0. The summed E-state index contributed by atoms with van der Waals surface area (Å²) >= 11 is 18.0. The molecule has 5 nitrogen and oxygen atoms in total. The Balaban J connectivity index is 1.40. The lowest BCUT2D eigenvalue weighted by atomic mass is 10.1. The first-order valence-corrected chi connectivity index (χ1v) is 10.2. The minimum atomic E-state index is -0.0875. The molecule has 2 heterocycles. The highest BCUT2D eigenvalue weighted by atomic mass is 35.5. The average Bonchev–Trinajstić information content (AvgIpc) is 2.74. The zero-order chi connectivity index (χ0) is 20.4. The zero-order valence-electron chi connectivity index (χ0n) is 15.4. The molecule has 0 bridgehead atoms. The van der Waals surface area contributed by atoms with Crippen LogP contribution < -0.4 is 4.90 Å². The monoisotopic (exact) mass is 446 g/mol. The van der Waals surface area contributed by atoms with Gasteiger partial charge in [0, 0.05) is 41.8 Å². The number of carbonyl (C=O) groups is 1. The maximum Gasteiger partial charge on any atom is 0.255 e. The van der Waals surface area contributed by atoms with Crippen molar-refractivity contribution in [1.82, 2.24) is 15.1 Å². The van der Waals surface area contributed by atoms with Crippen LogP contribution in [0.1, 0.15) is 10.4 Å². The highest BCUT2D eigenvalue weighted by molar-refractivity contribution is 6.36. The lowest BCUT2D eigenvalue weighted by Gasteiger charge is -2.35. The van der Waals surface area contributed by atoms with E-state index in [2.05, 4.69) is 15.1 Å². The van der Waals surface area contributed by atoms with E-state index in [-0.39, 0.29) is 5.91 Å². The molecule has 1 fully saturated rings. The Labute approximate surface area is 183 Å². The minimum Gasteiger partial charge on any atom is -0.352 e. The third-order valence-corrected chi connectivity index (χ3v) is 5.64. The van der Waals surface area contributed by atoms with E-state index in [1.807, 2.05) is 36.4 Å². The first-order valence-electron chi connectivity index (χ1n) is 9.10. The second-order valence-electron chi connectivity index (χ2n) is 6.69. The predicted molar refractivity (Wildman–Crippen MR) is 117 cm³/mol. The molecule has 1 saturated heterocycles. The van der Waals surface area contributed by atoms with Gasteiger partial charge < -0.3 is 9.80 Å². The van der Waals surface area contributed by atoms with Crippen molar-refractivity contribution in [1.29, 1.82) is 0 Å². The molecule has 148 valence electrons. The van der Waals surface area contributed by atoms with Crippen molar-refractivity contribution in [3.8, 4) is 11.3 Å². The molecule has 2 aromatic carbocycles. The molecular formula is C21H17Cl3N4O. The number of halogens is 3. The third-order valence-electron chi connectivity index (χ3n) is 4.84. The quantitative estimate of drug-likeness (QED) is 0.563. The fraction of sp³-hybridized carbons (Fsp3) is 0.190. The number of nitrogens with zero attached hydrogens (tertiary/aromatic N) is 4. The number of amides is 1. The highest BCUT2D eigenvalue weighted by Gasteiger charge is 2.24. The van der Waals surface area contributed by atoms with Gasteiger partial charge in [-0.2, -0.15) is 0 Å². The summed E-state index contributed by atoms with van der Waals surface area (Å²) in [6.45, 7) is 2.51. The van der Waals surface area contributed by atoms with Gasteiger partial charge in [-0.25, -0.2) is 0 Å². The van der Waals surface area contributed by atoms with Crippen LogP contribution in [-0.2, 0) is 0 Å². The van der Waals surface area contributed by atoms with Crippen LogP contribution in [0.3, 0.4) is 0 Å². The van der Waals surface area contributed by atoms with E-state index in [0.29, 0.717) is 46.8 Å². The first-order chi connectivity index (χ1) is 14.0. The third kappa shape index (κ3) is 4.47. The molecule has 29 heavy (non-hydrogen) atoms. The van der Waals surface area contributed by atoms with Crippen LogP contribution in [-0.4, -0.2) is 47.2 Å². The van der Waals surface area contributed by atoms with Gasteiger partial charge in [0.15, 0.2) is 5.82 Å². The van der Waals surface area contributed by atoms with Crippen molar-refractivity contribution < 1.29 is 4.79 Å².